The van der Waals surface area contributed by atoms with E-state index >= 15 is 0 Å². The largest absolute Gasteiger partial charge is 0.385 e. The molecule has 0 spiro atoms. The van der Waals surface area contributed by atoms with Gasteiger partial charge in [0.15, 0.2) is 0 Å². The number of methoxy groups -OCH3 is 1. The molecule has 0 aliphatic carbocycles. The molecule has 4 aromatic rings. The van der Waals surface area contributed by atoms with Crippen molar-refractivity contribution >= 4 is 40.5 Å². The van der Waals surface area contributed by atoms with Crippen molar-refractivity contribution in [1.82, 2.24) is 23.6 Å². The van der Waals surface area contributed by atoms with Crippen LogP contribution in [0.3, 0.4) is 0 Å². The zero-order chi connectivity index (χ0) is 22.8. The fraction of sp³-hybridized carbons (Fsp3) is 0.318. The van der Waals surface area contributed by atoms with Gasteiger partial charge in [-0.25, -0.2) is 9.07 Å². The number of benzene rings is 2. The van der Waals surface area contributed by atoms with Gasteiger partial charge in [0, 0.05) is 37.4 Å². The van der Waals surface area contributed by atoms with Crippen molar-refractivity contribution in [2.75, 3.05) is 20.8 Å². The van der Waals surface area contributed by atoms with Crippen molar-refractivity contribution in [2.45, 2.75) is 26.2 Å². The number of halogens is 2. The first-order valence-electron chi connectivity index (χ1n) is 10.1. The first kappa shape index (κ1) is 22.6. The molecule has 0 atom stereocenters. The monoisotopic (exact) mass is 475 g/mol. The minimum absolute atomic E-state index is 0.122. The number of hydrogen-bond donors (Lipinski definition) is 0. The van der Waals surface area contributed by atoms with Crippen LogP contribution >= 0.6 is 23.8 Å². The highest BCUT2D eigenvalue weighted by Gasteiger charge is 2.17. The number of para-hydroxylation sites is 1. The van der Waals surface area contributed by atoms with Crippen molar-refractivity contribution in [2.24, 2.45) is 0 Å². The molecule has 0 amide bonds. The Balaban J connectivity index is 1.77. The number of hydrogen-bond acceptors (Lipinski definition) is 5. The van der Waals surface area contributed by atoms with Crippen molar-refractivity contribution in [3.8, 4) is 0 Å². The molecular weight excluding hydrogens is 453 g/mol. The summed E-state index contributed by atoms with van der Waals surface area (Å²) in [5, 5.41) is 5.60. The highest BCUT2D eigenvalue weighted by atomic mass is 35.5. The molecule has 32 heavy (non-hydrogen) atoms. The Morgan fingerprint density at radius 2 is 2.00 bits per heavy atom. The van der Waals surface area contributed by atoms with Gasteiger partial charge in [-0.1, -0.05) is 29.8 Å². The molecule has 2 aromatic heterocycles. The molecule has 2 aromatic carbocycles. The van der Waals surface area contributed by atoms with E-state index in [2.05, 4.69) is 5.10 Å². The van der Waals surface area contributed by atoms with E-state index in [9.17, 15) is 9.18 Å². The second-order valence-corrected chi connectivity index (χ2v) is 8.37. The summed E-state index contributed by atoms with van der Waals surface area (Å²) in [5.41, 5.74) is 0.989. The number of fused-ring (bicyclic) bond motifs is 3. The van der Waals surface area contributed by atoms with Gasteiger partial charge in [-0.15, -0.1) is 5.10 Å². The van der Waals surface area contributed by atoms with Crippen LogP contribution in [0.1, 0.15) is 12.0 Å². The summed E-state index contributed by atoms with van der Waals surface area (Å²) < 4.78 is 24.9. The molecule has 0 aliphatic rings. The summed E-state index contributed by atoms with van der Waals surface area (Å²) in [6.45, 7) is 1.56. The lowest BCUT2D eigenvalue weighted by Crippen LogP contribution is -2.24. The summed E-state index contributed by atoms with van der Waals surface area (Å²) in [6, 6.07) is 12.0. The Kier molecular flexibility index (Phi) is 6.71. The number of aromatic nitrogens is 4. The van der Waals surface area contributed by atoms with E-state index in [4.69, 9.17) is 28.6 Å². The zero-order valence-corrected chi connectivity index (χ0v) is 19.4. The third-order valence-electron chi connectivity index (χ3n) is 5.28. The van der Waals surface area contributed by atoms with Crippen LogP contribution in [0.15, 0.2) is 47.3 Å². The lowest BCUT2D eigenvalue weighted by Gasteiger charge is -2.17. The molecule has 0 bridgehead atoms. The molecule has 0 N–H and O–H groups in total. The van der Waals surface area contributed by atoms with Crippen molar-refractivity contribution in [3.05, 3.63) is 74.0 Å². The quantitative estimate of drug-likeness (QED) is 0.284. The molecule has 2 heterocycles. The minimum Gasteiger partial charge on any atom is -0.385 e. The van der Waals surface area contributed by atoms with Crippen LogP contribution in [-0.2, 0) is 24.5 Å². The predicted octanol–water partition coefficient (Wildman–Crippen LogP) is 4.10. The first-order valence-corrected chi connectivity index (χ1v) is 10.9. The molecule has 168 valence electrons. The van der Waals surface area contributed by atoms with E-state index in [1.165, 1.54) is 6.07 Å². The van der Waals surface area contributed by atoms with Crippen LogP contribution < -0.4 is 5.56 Å². The van der Waals surface area contributed by atoms with E-state index in [0.29, 0.717) is 58.3 Å². The van der Waals surface area contributed by atoms with Crippen molar-refractivity contribution < 1.29 is 9.13 Å². The Morgan fingerprint density at radius 1 is 1.22 bits per heavy atom. The van der Waals surface area contributed by atoms with E-state index in [-0.39, 0.29) is 17.9 Å². The van der Waals surface area contributed by atoms with Gasteiger partial charge in [-0.2, -0.15) is 0 Å². The maximum absolute atomic E-state index is 14.2. The molecule has 0 radical (unpaired) electrons. The standard InChI is InChI=1S/C22H23ClFN5O2S/c1-26(13-16-17(23)8-5-9-18(16)24)14-28-22(32)29-19-10-4-3-7-15(19)20(30)27(21(29)25-28)11-6-12-31-2/h3-5,7-10H,6,11-14H2,1-2H3. The number of nitrogens with zero attached hydrogens (tertiary/aromatic N) is 5. The Hall–Kier alpha value is -2.59. The minimum atomic E-state index is -0.360. The lowest BCUT2D eigenvalue weighted by molar-refractivity contribution is 0.190. The van der Waals surface area contributed by atoms with E-state index < -0.39 is 0 Å². The van der Waals surface area contributed by atoms with Crippen LogP contribution in [0.25, 0.3) is 16.7 Å². The molecule has 0 unspecified atom stereocenters. The smallest absolute Gasteiger partial charge is 0.262 e. The average Bonchev–Trinajstić information content (AvgIpc) is 3.09. The third kappa shape index (κ3) is 4.21. The van der Waals surface area contributed by atoms with Crippen molar-refractivity contribution in [3.63, 3.8) is 0 Å². The summed E-state index contributed by atoms with van der Waals surface area (Å²) >= 11 is 11.9. The summed E-state index contributed by atoms with van der Waals surface area (Å²) in [4.78, 5) is 15.0. The molecule has 10 heteroatoms. The maximum atomic E-state index is 14.2. The second kappa shape index (κ2) is 9.50. The summed E-state index contributed by atoms with van der Waals surface area (Å²) in [6.07, 6.45) is 0.662. The van der Waals surface area contributed by atoms with Gasteiger partial charge in [0.05, 0.1) is 17.6 Å². The Bertz CT molecular complexity index is 1380. The van der Waals surface area contributed by atoms with E-state index in [1.807, 2.05) is 34.5 Å². The molecule has 0 saturated heterocycles. The van der Waals surface area contributed by atoms with Crippen molar-refractivity contribution in [1.29, 1.82) is 0 Å². The van der Waals surface area contributed by atoms with Gasteiger partial charge < -0.3 is 4.74 Å². The average molecular weight is 476 g/mol. The fourth-order valence-corrected chi connectivity index (χ4v) is 4.26. The van der Waals surface area contributed by atoms with Gasteiger partial charge in [-0.3, -0.25) is 18.7 Å². The number of ether oxygens (including phenoxy) is 1. The second-order valence-electron chi connectivity index (χ2n) is 7.59. The molecular formula is C22H23ClFN5O2S. The maximum Gasteiger partial charge on any atom is 0.262 e. The number of aryl methyl sites for hydroxylation is 1. The molecule has 7 nitrogen and oxygen atoms in total. The SMILES string of the molecule is COCCCn1c(=O)c2ccccc2n2c(=S)n(CN(C)Cc3c(F)cccc3Cl)nc12. The summed E-state index contributed by atoms with van der Waals surface area (Å²) in [5.74, 6) is 0.105. The van der Waals surface area contributed by atoms with Crippen LogP contribution in [0.4, 0.5) is 4.39 Å². The topological polar surface area (TPSA) is 56.7 Å². The van der Waals surface area contributed by atoms with Gasteiger partial charge in [-0.05, 0) is 50.0 Å². The molecule has 0 saturated carbocycles. The van der Waals surface area contributed by atoms with Gasteiger partial charge >= 0.3 is 0 Å². The lowest BCUT2D eigenvalue weighted by atomic mass is 10.2. The molecule has 0 fully saturated rings. The number of rotatable bonds is 8. The highest BCUT2D eigenvalue weighted by molar-refractivity contribution is 7.71. The zero-order valence-electron chi connectivity index (χ0n) is 17.8. The van der Waals surface area contributed by atoms with E-state index in [1.54, 1.807) is 34.6 Å². The molecule has 4 rings (SSSR count). The normalized spacial score (nSPS) is 11.8. The predicted molar refractivity (Wildman–Crippen MR) is 125 cm³/mol. The summed E-state index contributed by atoms with van der Waals surface area (Å²) in [7, 11) is 3.46. The Morgan fingerprint density at radius 3 is 2.75 bits per heavy atom. The van der Waals surface area contributed by atoms with Gasteiger partial charge in [0.25, 0.3) is 5.56 Å². The van der Waals surface area contributed by atoms with Crippen LogP contribution in [-0.4, -0.2) is 44.4 Å². The Labute approximate surface area is 194 Å². The van der Waals surface area contributed by atoms with E-state index in [0.717, 1.165) is 0 Å². The molecule has 0 aliphatic heterocycles. The fourth-order valence-electron chi connectivity index (χ4n) is 3.76. The first-order chi connectivity index (χ1) is 15.4. The van der Waals surface area contributed by atoms with Gasteiger partial charge in [0.1, 0.15) is 5.82 Å². The van der Waals surface area contributed by atoms with Crippen LogP contribution in [0.5, 0.6) is 0 Å². The van der Waals surface area contributed by atoms with Crippen LogP contribution in [0.2, 0.25) is 5.02 Å². The third-order valence-corrected chi connectivity index (χ3v) is 6.03. The highest BCUT2D eigenvalue weighted by Crippen LogP contribution is 2.21. The van der Waals surface area contributed by atoms with Gasteiger partial charge in [0.2, 0.25) is 10.5 Å². The van der Waals surface area contributed by atoms with Crippen LogP contribution in [0, 0.1) is 10.6 Å².